The number of hydrogen-bond acceptors (Lipinski definition) is 3. The lowest BCUT2D eigenvalue weighted by Crippen LogP contribution is -2.24. The maximum absolute atomic E-state index is 10.5. The second-order valence-corrected chi connectivity index (χ2v) is 1.83. The van der Waals surface area contributed by atoms with E-state index >= 15 is 0 Å². The average Bonchev–Trinajstić information content (AvgIpc) is 1.82. The van der Waals surface area contributed by atoms with Crippen molar-refractivity contribution < 1.29 is 14.4 Å². The van der Waals surface area contributed by atoms with Gasteiger partial charge in [-0.2, -0.15) is 5.48 Å². The molecule has 0 fully saturated rings. The van der Waals surface area contributed by atoms with Gasteiger partial charge in [0, 0.05) is 12.5 Å². The lowest BCUT2D eigenvalue weighted by Gasteiger charge is -2.00. The highest BCUT2D eigenvalue weighted by atomic mass is 16.7. The van der Waals surface area contributed by atoms with Crippen molar-refractivity contribution in [1.29, 1.82) is 0 Å². The Morgan fingerprint density at radius 1 is 1.40 bits per heavy atom. The quantitative estimate of drug-likeness (QED) is 0.420. The molecule has 0 saturated carbocycles. The Morgan fingerprint density at radius 3 is 2.20 bits per heavy atom. The standard InChI is InChI=1S/C6H9NO3/c1-4(2)6(9)10-7-5(3)8/h1H2,2-3H3,(H,7,8). The van der Waals surface area contributed by atoms with Crippen LogP contribution < -0.4 is 5.48 Å². The third-order valence-corrected chi connectivity index (χ3v) is 0.636. The van der Waals surface area contributed by atoms with E-state index in [1.165, 1.54) is 13.8 Å². The van der Waals surface area contributed by atoms with Gasteiger partial charge in [-0.3, -0.25) is 4.79 Å². The summed E-state index contributed by atoms with van der Waals surface area (Å²) in [4.78, 5) is 24.9. The van der Waals surface area contributed by atoms with E-state index in [4.69, 9.17) is 0 Å². The Hall–Kier alpha value is -1.32. The second-order valence-electron chi connectivity index (χ2n) is 1.83. The van der Waals surface area contributed by atoms with E-state index in [0.29, 0.717) is 0 Å². The van der Waals surface area contributed by atoms with Gasteiger partial charge in [0.1, 0.15) is 0 Å². The predicted molar refractivity (Wildman–Crippen MR) is 34.7 cm³/mol. The first-order valence-electron chi connectivity index (χ1n) is 2.67. The van der Waals surface area contributed by atoms with E-state index in [-0.39, 0.29) is 5.57 Å². The van der Waals surface area contributed by atoms with Crippen LogP contribution in [0.25, 0.3) is 0 Å². The highest BCUT2D eigenvalue weighted by Crippen LogP contribution is 1.88. The summed E-state index contributed by atoms with van der Waals surface area (Å²) in [5, 5.41) is 0. The Bertz CT molecular complexity index is 174. The number of hydroxylamine groups is 1. The van der Waals surface area contributed by atoms with Crippen molar-refractivity contribution in [2.45, 2.75) is 13.8 Å². The van der Waals surface area contributed by atoms with Crippen LogP contribution in [-0.4, -0.2) is 11.9 Å². The predicted octanol–water partition coefficient (Wildman–Crippen LogP) is 0.157. The van der Waals surface area contributed by atoms with Gasteiger partial charge in [-0.05, 0) is 6.92 Å². The summed E-state index contributed by atoms with van der Waals surface area (Å²) < 4.78 is 0. The first-order chi connectivity index (χ1) is 4.54. The average molecular weight is 143 g/mol. The molecule has 0 atom stereocenters. The third kappa shape index (κ3) is 3.65. The van der Waals surface area contributed by atoms with E-state index < -0.39 is 11.9 Å². The van der Waals surface area contributed by atoms with Crippen molar-refractivity contribution >= 4 is 11.9 Å². The second kappa shape index (κ2) is 3.66. The lowest BCUT2D eigenvalue weighted by molar-refractivity contribution is -0.153. The fourth-order valence-corrected chi connectivity index (χ4v) is 0.205. The molecule has 0 spiro atoms. The van der Waals surface area contributed by atoms with Crippen molar-refractivity contribution in [2.75, 3.05) is 0 Å². The fourth-order valence-electron chi connectivity index (χ4n) is 0.205. The van der Waals surface area contributed by atoms with Gasteiger partial charge in [-0.15, -0.1) is 0 Å². The molecule has 10 heavy (non-hydrogen) atoms. The molecule has 0 bridgehead atoms. The van der Waals surface area contributed by atoms with Crippen LogP contribution >= 0.6 is 0 Å². The smallest absolute Gasteiger partial charge is 0.336 e. The number of carbonyl (C=O) groups excluding carboxylic acids is 2. The maximum Gasteiger partial charge on any atom is 0.358 e. The van der Waals surface area contributed by atoms with E-state index in [2.05, 4.69) is 11.4 Å². The highest BCUT2D eigenvalue weighted by Gasteiger charge is 2.02. The molecule has 0 heterocycles. The number of carbonyl (C=O) groups is 2. The maximum atomic E-state index is 10.5. The molecule has 0 aliphatic heterocycles. The van der Waals surface area contributed by atoms with E-state index in [1.807, 2.05) is 5.48 Å². The Kier molecular flexibility index (Phi) is 3.17. The van der Waals surface area contributed by atoms with Gasteiger partial charge in [-0.25, -0.2) is 4.79 Å². The zero-order chi connectivity index (χ0) is 8.15. The number of amides is 1. The molecule has 0 rings (SSSR count). The van der Waals surface area contributed by atoms with Crippen molar-refractivity contribution in [2.24, 2.45) is 0 Å². The zero-order valence-corrected chi connectivity index (χ0v) is 5.93. The molecule has 0 aromatic rings. The summed E-state index contributed by atoms with van der Waals surface area (Å²) >= 11 is 0. The SMILES string of the molecule is C=C(C)C(=O)ONC(C)=O. The monoisotopic (exact) mass is 143 g/mol. The number of rotatable bonds is 1. The molecule has 0 radical (unpaired) electrons. The van der Waals surface area contributed by atoms with Crippen molar-refractivity contribution in [3.63, 3.8) is 0 Å². The van der Waals surface area contributed by atoms with Crippen LogP contribution in [0.5, 0.6) is 0 Å². The van der Waals surface area contributed by atoms with Gasteiger partial charge in [0.25, 0.3) is 0 Å². The molecule has 0 aliphatic rings. The summed E-state index contributed by atoms with van der Waals surface area (Å²) in [6.45, 7) is 6.04. The fraction of sp³-hybridized carbons (Fsp3) is 0.333. The van der Waals surface area contributed by atoms with Crippen LogP contribution in [0.2, 0.25) is 0 Å². The minimum atomic E-state index is -0.629. The molecular weight excluding hydrogens is 134 g/mol. The van der Waals surface area contributed by atoms with Gasteiger partial charge >= 0.3 is 5.97 Å². The van der Waals surface area contributed by atoms with Crippen molar-refractivity contribution in [3.8, 4) is 0 Å². The summed E-state index contributed by atoms with van der Waals surface area (Å²) in [6, 6.07) is 0. The van der Waals surface area contributed by atoms with Crippen LogP contribution in [0.1, 0.15) is 13.8 Å². The largest absolute Gasteiger partial charge is 0.358 e. The van der Waals surface area contributed by atoms with Crippen molar-refractivity contribution in [3.05, 3.63) is 12.2 Å². The van der Waals surface area contributed by atoms with E-state index in [0.717, 1.165) is 0 Å². The van der Waals surface area contributed by atoms with Crippen LogP contribution in [0.3, 0.4) is 0 Å². The molecule has 0 unspecified atom stereocenters. The van der Waals surface area contributed by atoms with Crippen LogP contribution in [-0.2, 0) is 14.4 Å². The molecule has 4 heteroatoms. The van der Waals surface area contributed by atoms with Gasteiger partial charge in [0.15, 0.2) is 0 Å². The summed E-state index contributed by atoms with van der Waals surface area (Å²) in [5.41, 5.74) is 2.12. The van der Waals surface area contributed by atoms with Crippen LogP contribution in [0.15, 0.2) is 12.2 Å². The van der Waals surface area contributed by atoms with Gasteiger partial charge in [0.05, 0.1) is 0 Å². The Morgan fingerprint density at radius 2 is 1.90 bits per heavy atom. The minimum Gasteiger partial charge on any atom is -0.336 e. The molecule has 0 saturated heterocycles. The summed E-state index contributed by atoms with van der Waals surface area (Å²) in [5.74, 6) is -1.05. The molecular formula is C6H9NO3. The molecule has 0 aromatic carbocycles. The zero-order valence-electron chi connectivity index (χ0n) is 5.93. The Labute approximate surface area is 58.8 Å². The number of hydrogen-bond donors (Lipinski definition) is 1. The lowest BCUT2D eigenvalue weighted by atomic mass is 10.4. The topological polar surface area (TPSA) is 55.4 Å². The first-order valence-corrected chi connectivity index (χ1v) is 2.67. The summed E-state index contributed by atoms with van der Waals surface area (Å²) in [7, 11) is 0. The van der Waals surface area contributed by atoms with Crippen LogP contribution in [0.4, 0.5) is 0 Å². The van der Waals surface area contributed by atoms with Crippen LogP contribution in [0, 0.1) is 0 Å². The Balaban J connectivity index is 3.60. The first kappa shape index (κ1) is 8.68. The molecule has 1 amide bonds. The van der Waals surface area contributed by atoms with E-state index in [9.17, 15) is 9.59 Å². The summed E-state index contributed by atoms with van der Waals surface area (Å²) in [6.07, 6.45) is 0. The van der Waals surface area contributed by atoms with Crippen molar-refractivity contribution in [1.82, 2.24) is 5.48 Å². The third-order valence-electron chi connectivity index (χ3n) is 0.636. The molecule has 0 aromatic heterocycles. The molecule has 4 nitrogen and oxygen atoms in total. The molecule has 1 N–H and O–H groups in total. The van der Waals surface area contributed by atoms with E-state index in [1.54, 1.807) is 0 Å². The molecule has 0 aliphatic carbocycles. The van der Waals surface area contributed by atoms with Gasteiger partial charge in [0.2, 0.25) is 5.91 Å². The number of nitrogens with one attached hydrogen (secondary N) is 1. The van der Waals surface area contributed by atoms with Gasteiger partial charge in [-0.1, -0.05) is 6.58 Å². The van der Waals surface area contributed by atoms with Gasteiger partial charge < -0.3 is 4.84 Å². The molecule has 56 valence electrons. The highest BCUT2D eigenvalue weighted by molar-refractivity contribution is 5.87. The normalized spacial score (nSPS) is 8.20. The minimum absolute atomic E-state index is 0.244.